The molecule has 0 radical (unpaired) electrons. The standard InChI is InChI=1S/C19H21ClN2O5S2/c20-16-10-14(11-17-19(16)27-7-1-6-26-17)13-28-18-3-2-15(12-21-18)29(23,24)22-4-8-25-9-5-22/h2-3,10-12H,1,4-9,13H2. The molecule has 29 heavy (non-hydrogen) atoms. The first kappa shape index (κ1) is 20.7. The van der Waals surface area contributed by atoms with Crippen molar-refractivity contribution in [2.24, 2.45) is 0 Å². The normalized spacial score (nSPS) is 17.7. The Hall–Kier alpha value is -1.52. The van der Waals surface area contributed by atoms with E-state index in [0.717, 1.165) is 17.0 Å². The molecule has 1 fully saturated rings. The zero-order chi connectivity index (χ0) is 20.3. The maximum Gasteiger partial charge on any atom is 0.244 e. The van der Waals surface area contributed by atoms with Crippen LogP contribution in [0.2, 0.25) is 5.02 Å². The van der Waals surface area contributed by atoms with E-state index in [0.29, 0.717) is 61.8 Å². The van der Waals surface area contributed by atoms with Gasteiger partial charge in [0.1, 0.15) is 4.90 Å². The number of hydrogen-bond acceptors (Lipinski definition) is 7. The van der Waals surface area contributed by atoms with E-state index in [1.807, 2.05) is 12.1 Å². The molecule has 0 unspecified atom stereocenters. The van der Waals surface area contributed by atoms with Crippen molar-refractivity contribution in [2.45, 2.75) is 22.1 Å². The molecule has 7 nitrogen and oxygen atoms in total. The fourth-order valence-corrected chi connectivity index (χ4v) is 5.48. The quantitative estimate of drug-likeness (QED) is 0.639. The van der Waals surface area contributed by atoms with Crippen LogP contribution >= 0.6 is 23.4 Å². The van der Waals surface area contributed by atoms with E-state index >= 15 is 0 Å². The van der Waals surface area contributed by atoms with Crippen molar-refractivity contribution >= 4 is 33.4 Å². The molecular weight excluding hydrogens is 436 g/mol. The highest BCUT2D eigenvalue weighted by molar-refractivity contribution is 7.98. The third-order valence-corrected chi connectivity index (χ3v) is 7.74. The first-order valence-corrected chi connectivity index (χ1v) is 12.1. The fourth-order valence-electron chi connectivity index (χ4n) is 3.07. The van der Waals surface area contributed by atoms with Crippen LogP contribution in [0.1, 0.15) is 12.0 Å². The first-order valence-electron chi connectivity index (χ1n) is 9.29. The van der Waals surface area contributed by atoms with Crippen LogP contribution in [0.3, 0.4) is 0 Å². The number of morpholine rings is 1. The van der Waals surface area contributed by atoms with Crippen LogP contribution in [0, 0.1) is 0 Å². The summed E-state index contributed by atoms with van der Waals surface area (Å²) in [6.45, 7) is 2.75. The van der Waals surface area contributed by atoms with Crippen molar-refractivity contribution in [3.8, 4) is 11.5 Å². The van der Waals surface area contributed by atoms with Gasteiger partial charge < -0.3 is 14.2 Å². The Morgan fingerprint density at radius 1 is 1.10 bits per heavy atom. The highest BCUT2D eigenvalue weighted by Crippen LogP contribution is 2.39. The van der Waals surface area contributed by atoms with Gasteiger partial charge in [-0.3, -0.25) is 0 Å². The Morgan fingerprint density at radius 3 is 2.66 bits per heavy atom. The van der Waals surface area contributed by atoms with E-state index in [2.05, 4.69) is 4.98 Å². The van der Waals surface area contributed by atoms with Gasteiger partial charge in [0.25, 0.3) is 0 Å². The highest BCUT2D eigenvalue weighted by Gasteiger charge is 2.26. The summed E-state index contributed by atoms with van der Waals surface area (Å²) >= 11 is 7.83. The second-order valence-electron chi connectivity index (χ2n) is 6.59. The van der Waals surface area contributed by atoms with Crippen molar-refractivity contribution in [3.63, 3.8) is 0 Å². The summed E-state index contributed by atoms with van der Waals surface area (Å²) in [5, 5.41) is 1.26. The highest BCUT2D eigenvalue weighted by atomic mass is 35.5. The molecule has 156 valence electrons. The summed E-state index contributed by atoms with van der Waals surface area (Å²) in [4.78, 5) is 4.51. The number of rotatable bonds is 5. The number of hydrogen-bond donors (Lipinski definition) is 0. The predicted octanol–water partition coefficient (Wildman–Crippen LogP) is 3.21. The Balaban J connectivity index is 1.43. The number of benzene rings is 1. The minimum Gasteiger partial charge on any atom is -0.489 e. The topological polar surface area (TPSA) is 78.0 Å². The number of ether oxygens (including phenoxy) is 3. The maximum atomic E-state index is 12.7. The summed E-state index contributed by atoms with van der Waals surface area (Å²) in [7, 11) is -3.53. The van der Waals surface area contributed by atoms with Crippen LogP contribution in [0.4, 0.5) is 0 Å². The van der Waals surface area contributed by atoms with Gasteiger partial charge in [0.05, 0.1) is 36.5 Å². The number of pyridine rings is 1. The molecule has 2 aromatic rings. The molecule has 4 rings (SSSR count). The SMILES string of the molecule is O=S(=O)(c1ccc(SCc2cc(Cl)c3c(c2)OCCCO3)nc1)N1CCOCC1. The van der Waals surface area contributed by atoms with Crippen molar-refractivity contribution in [2.75, 3.05) is 39.5 Å². The van der Waals surface area contributed by atoms with Gasteiger partial charge in [-0.15, -0.1) is 11.8 Å². The van der Waals surface area contributed by atoms with Gasteiger partial charge in [-0.25, -0.2) is 13.4 Å². The summed E-state index contributed by atoms with van der Waals surface area (Å²) in [5.74, 6) is 1.87. The van der Waals surface area contributed by atoms with E-state index in [1.54, 1.807) is 12.1 Å². The minimum absolute atomic E-state index is 0.197. The van der Waals surface area contributed by atoms with E-state index in [-0.39, 0.29) is 4.90 Å². The maximum absolute atomic E-state index is 12.7. The molecule has 0 aliphatic carbocycles. The molecule has 1 aromatic carbocycles. The second-order valence-corrected chi connectivity index (χ2v) is 9.93. The average Bonchev–Trinajstić information content (AvgIpc) is 2.99. The Kier molecular flexibility index (Phi) is 6.50. The predicted molar refractivity (Wildman–Crippen MR) is 110 cm³/mol. The van der Waals surface area contributed by atoms with Gasteiger partial charge in [0.15, 0.2) is 11.5 Å². The Labute approximate surface area is 179 Å². The molecule has 1 aromatic heterocycles. The van der Waals surface area contributed by atoms with Gasteiger partial charge in [0.2, 0.25) is 10.0 Å². The number of halogens is 1. The number of sulfonamides is 1. The van der Waals surface area contributed by atoms with Crippen LogP contribution in [0.25, 0.3) is 0 Å². The molecule has 2 aliphatic heterocycles. The van der Waals surface area contributed by atoms with Crippen LogP contribution in [-0.2, 0) is 20.5 Å². The van der Waals surface area contributed by atoms with Gasteiger partial charge >= 0.3 is 0 Å². The second kappa shape index (κ2) is 9.09. The number of fused-ring (bicyclic) bond motifs is 1. The van der Waals surface area contributed by atoms with Gasteiger partial charge in [-0.05, 0) is 29.8 Å². The van der Waals surface area contributed by atoms with Crippen molar-refractivity contribution in [1.29, 1.82) is 0 Å². The largest absolute Gasteiger partial charge is 0.489 e. The molecule has 1 saturated heterocycles. The number of aromatic nitrogens is 1. The van der Waals surface area contributed by atoms with Crippen molar-refractivity contribution < 1.29 is 22.6 Å². The molecular formula is C19H21ClN2O5S2. The van der Waals surface area contributed by atoms with Crippen LogP contribution < -0.4 is 9.47 Å². The molecule has 3 heterocycles. The summed E-state index contributed by atoms with van der Waals surface area (Å²) in [5.41, 5.74) is 0.982. The van der Waals surface area contributed by atoms with Gasteiger partial charge in [0, 0.05) is 31.5 Å². The Morgan fingerprint density at radius 2 is 1.90 bits per heavy atom. The molecule has 0 amide bonds. The molecule has 0 spiro atoms. The van der Waals surface area contributed by atoms with E-state index < -0.39 is 10.0 Å². The molecule has 2 aliphatic rings. The lowest BCUT2D eigenvalue weighted by Gasteiger charge is -2.25. The van der Waals surface area contributed by atoms with Crippen molar-refractivity contribution in [1.82, 2.24) is 9.29 Å². The lowest BCUT2D eigenvalue weighted by atomic mass is 10.2. The molecule has 10 heteroatoms. The lowest BCUT2D eigenvalue weighted by molar-refractivity contribution is 0.0730. The summed E-state index contributed by atoms with van der Waals surface area (Å²) < 4.78 is 43.3. The summed E-state index contributed by atoms with van der Waals surface area (Å²) in [6.07, 6.45) is 2.23. The van der Waals surface area contributed by atoms with Crippen LogP contribution in [0.15, 0.2) is 40.4 Å². The van der Waals surface area contributed by atoms with Crippen LogP contribution in [0.5, 0.6) is 11.5 Å². The zero-order valence-corrected chi connectivity index (χ0v) is 18.1. The third-order valence-electron chi connectivity index (χ3n) is 4.57. The average molecular weight is 457 g/mol. The minimum atomic E-state index is -3.53. The van der Waals surface area contributed by atoms with E-state index in [1.165, 1.54) is 22.3 Å². The fraction of sp³-hybridized carbons (Fsp3) is 0.421. The molecule has 0 saturated carbocycles. The number of nitrogens with zero attached hydrogens (tertiary/aromatic N) is 2. The monoisotopic (exact) mass is 456 g/mol. The number of thioether (sulfide) groups is 1. The lowest BCUT2D eigenvalue weighted by Crippen LogP contribution is -2.40. The smallest absolute Gasteiger partial charge is 0.244 e. The third kappa shape index (κ3) is 4.80. The molecule has 0 bridgehead atoms. The van der Waals surface area contributed by atoms with E-state index in [4.69, 9.17) is 25.8 Å². The molecule has 0 atom stereocenters. The zero-order valence-electron chi connectivity index (χ0n) is 15.7. The summed E-state index contributed by atoms with van der Waals surface area (Å²) in [6, 6.07) is 7.11. The molecule has 0 N–H and O–H groups in total. The van der Waals surface area contributed by atoms with Gasteiger partial charge in [-0.2, -0.15) is 4.31 Å². The Bertz CT molecular complexity index is 963. The van der Waals surface area contributed by atoms with Crippen molar-refractivity contribution in [3.05, 3.63) is 41.0 Å². The van der Waals surface area contributed by atoms with Crippen LogP contribution in [-0.4, -0.2) is 57.2 Å². The first-order chi connectivity index (χ1) is 14.0. The van der Waals surface area contributed by atoms with E-state index in [9.17, 15) is 8.42 Å². The van der Waals surface area contributed by atoms with Gasteiger partial charge in [-0.1, -0.05) is 11.6 Å².